The van der Waals surface area contributed by atoms with Gasteiger partial charge in [-0.15, -0.1) is 11.3 Å². The lowest BCUT2D eigenvalue weighted by molar-refractivity contribution is 0.183. The van der Waals surface area contributed by atoms with Crippen LogP contribution in [-0.4, -0.2) is 54.3 Å². The second-order valence-corrected chi connectivity index (χ2v) is 10.5. The Morgan fingerprint density at radius 3 is 2.88 bits per heavy atom. The van der Waals surface area contributed by atoms with Crippen LogP contribution in [0.2, 0.25) is 0 Å². The number of hydrogen-bond acceptors (Lipinski definition) is 6. The first-order valence-corrected chi connectivity index (χ1v) is 12.6. The van der Waals surface area contributed by atoms with E-state index >= 15 is 0 Å². The number of aliphatic hydroxyl groups is 1. The van der Waals surface area contributed by atoms with Gasteiger partial charge in [0.15, 0.2) is 5.65 Å². The van der Waals surface area contributed by atoms with Crippen LogP contribution in [0.5, 0.6) is 0 Å². The highest BCUT2D eigenvalue weighted by atomic mass is 32.1. The van der Waals surface area contributed by atoms with Crippen LogP contribution in [0.25, 0.3) is 37.6 Å². The van der Waals surface area contributed by atoms with E-state index in [4.69, 9.17) is 4.98 Å². The number of nitrogens with zero attached hydrogens (tertiary/aromatic N) is 5. The zero-order valence-electron chi connectivity index (χ0n) is 19.7. The number of aliphatic hydroxyl groups excluding tert-OH is 1. The lowest BCUT2D eigenvalue weighted by atomic mass is 9.99. The molecule has 5 aromatic rings. The third-order valence-corrected chi connectivity index (χ3v) is 7.97. The molecule has 1 aliphatic heterocycles. The van der Waals surface area contributed by atoms with Gasteiger partial charge >= 0.3 is 0 Å². The van der Waals surface area contributed by atoms with Crippen molar-refractivity contribution in [3.63, 3.8) is 0 Å². The first kappa shape index (κ1) is 21.5. The van der Waals surface area contributed by atoms with E-state index < -0.39 is 0 Å². The zero-order chi connectivity index (χ0) is 23.4. The third kappa shape index (κ3) is 3.53. The molecule has 7 nitrogen and oxygen atoms in total. The number of hydrogen-bond donors (Lipinski definition) is 2. The minimum atomic E-state index is 0.196. The number of aromatic nitrogens is 5. The molecule has 0 radical (unpaired) electrons. The average molecular weight is 473 g/mol. The highest BCUT2D eigenvalue weighted by molar-refractivity contribution is 7.22. The largest absolute Gasteiger partial charge is 0.395 e. The number of nitrogens with one attached hydrogen (secondary N) is 1. The maximum Gasteiger partial charge on any atom is 0.158 e. The van der Waals surface area contributed by atoms with Crippen molar-refractivity contribution in [2.24, 2.45) is 0 Å². The molecule has 6 heterocycles. The molecule has 0 fully saturated rings. The van der Waals surface area contributed by atoms with Gasteiger partial charge in [-0.1, -0.05) is 13.8 Å². The summed E-state index contributed by atoms with van der Waals surface area (Å²) in [5.41, 5.74) is 10.4. The summed E-state index contributed by atoms with van der Waals surface area (Å²) in [6.45, 7) is 9.31. The monoisotopic (exact) mass is 472 g/mol. The van der Waals surface area contributed by atoms with Crippen molar-refractivity contribution < 1.29 is 5.11 Å². The fourth-order valence-electron chi connectivity index (χ4n) is 5.10. The summed E-state index contributed by atoms with van der Waals surface area (Å²) in [6, 6.07) is 6.74. The highest BCUT2D eigenvalue weighted by Crippen LogP contribution is 2.43. The number of thiophene rings is 1. The Bertz CT molecular complexity index is 1510. The molecular weight excluding hydrogens is 444 g/mol. The first-order valence-electron chi connectivity index (χ1n) is 11.8. The van der Waals surface area contributed by atoms with Crippen molar-refractivity contribution in [1.82, 2.24) is 29.5 Å². The second kappa shape index (κ2) is 8.30. The second-order valence-electron chi connectivity index (χ2n) is 9.44. The van der Waals surface area contributed by atoms with Gasteiger partial charge in [0, 0.05) is 60.1 Å². The van der Waals surface area contributed by atoms with E-state index in [9.17, 15) is 5.11 Å². The van der Waals surface area contributed by atoms with Gasteiger partial charge in [-0.25, -0.2) is 9.50 Å². The summed E-state index contributed by atoms with van der Waals surface area (Å²) >= 11 is 1.83. The molecule has 0 saturated heterocycles. The van der Waals surface area contributed by atoms with Gasteiger partial charge in [-0.2, -0.15) is 5.10 Å². The SMILES string of the molecule is Cc1cc(-c2[nH]c3cc(-c4cnc5c(c4)CN(CCO)CC5)sc3c2C(C)C)cn2ncnc12. The van der Waals surface area contributed by atoms with E-state index in [-0.39, 0.29) is 6.61 Å². The number of H-pyrrole nitrogens is 1. The molecule has 1 aliphatic rings. The molecule has 0 spiro atoms. The molecule has 0 amide bonds. The predicted molar refractivity (Wildman–Crippen MR) is 136 cm³/mol. The Morgan fingerprint density at radius 1 is 1.18 bits per heavy atom. The molecule has 0 bridgehead atoms. The molecule has 0 atom stereocenters. The molecule has 34 heavy (non-hydrogen) atoms. The quantitative estimate of drug-likeness (QED) is 0.385. The molecule has 6 rings (SSSR count). The Labute approximate surface area is 202 Å². The van der Waals surface area contributed by atoms with Crippen molar-refractivity contribution in [3.05, 3.63) is 59.3 Å². The van der Waals surface area contributed by atoms with Crippen LogP contribution in [0.15, 0.2) is 36.9 Å². The standard InChI is InChI=1S/C26H28N6OS/c1-15(2)23-24(19-8-16(3)26-28-14-29-32(26)13-19)30-21-10-22(34-25(21)23)17-9-18-12-31(6-7-33)5-4-20(18)27-11-17/h8-11,13-15,30,33H,4-7,12H2,1-3H3. The molecule has 0 saturated carbocycles. The van der Waals surface area contributed by atoms with Crippen molar-refractivity contribution in [1.29, 1.82) is 0 Å². The summed E-state index contributed by atoms with van der Waals surface area (Å²) < 4.78 is 3.16. The van der Waals surface area contributed by atoms with Gasteiger partial charge in [0.1, 0.15) is 6.33 Å². The van der Waals surface area contributed by atoms with E-state index in [1.165, 1.54) is 26.4 Å². The summed E-state index contributed by atoms with van der Waals surface area (Å²) in [7, 11) is 0. The molecule has 174 valence electrons. The molecule has 5 aromatic heterocycles. The van der Waals surface area contributed by atoms with Crippen LogP contribution >= 0.6 is 11.3 Å². The van der Waals surface area contributed by atoms with Crippen LogP contribution in [-0.2, 0) is 13.0 Å². The van der Waals surface area contributed by atoms with E-state index in [0.717, 1.165) is 53.1 Å². The zero-order valence-corrected chi connectivity index (χ0v) is 20.5. The number of pyridine rings is 2. The maximum absolute atomic E-state index is 9.32. The Morgan fingerprint density at radius 2 is 2.06 bits per heavy atom. The summed E-state index contributed by atoms with van der Waals surface area (Å²) in [5, 5.41) is 13.7. The minimum Gasteiger partial charge on any atom is -0.395 e. The smallest absolute Gasteiger partial charge is 0.158 e. The van der Waals surface area contributed by atoms with Gasteiger partial charge < -0.3 is 10.1 Å². The molecule has 0 aliphatic carbocycles. The lowest BCUT2D eigenvalue weighted by Crippen LogP contribution is -2.33. The fourth-order valence-corrected chi connectivity index (χ4v) is 6.40. The van der Waals surface area contributed by atoms with Gasteiger partial charge in [-0.3, -0.25) is 9.88 Å². The fraction of sp³-hybridized carbons (Fsp3) is 0.346. The number of aromatic amines is 1. The number of rotatable bonds is 5. The lowest BCUT2D eigenvalue weighted by Gasteiger charge is -2.27. The highest BCUT2D eigenvalue weighted by Gasteiger charge is 2.22. The number of aryl methyl sites for hydroxylation is 1. The average Bonchev–Trinajstić information content (AvgIpc) is 3.53. The molecule has 2 N–H and O–H groups in total. The van der Waals surface area contributed by atoms with Crippen molar-refractivity contribution >= 4 is 27.2 Å². The predicted octanol–water partition coefficient (Wildman–Crippen LogP) is 4.78. The first-order chi connectivity index (χ1) is 16.5. The number of β-amino-alcohol motifs (C(OH)–C–C–N with tert-alkyl or cyclic N) is 1. The Kier molecular flexibility index (Phi) is 5.24. The number of fused-ring (bicyclic) bond motifs is 3. The minimum absolute atomic E-state index is 0.196. The summed E-state index contributed by atoms with van der Waals surface area (Å²) in [5.74, 6) is 0.371. The van der Waals surface area contributed by atoms with Crippen LogP contribution in [0.3, 0.4) is 0 Å². The van der Waals surface area contributed by atoms with Crippen LogP contribution in [0.4, 0.5) is 0 Å². The van der Waals surface area contributed by atoms with E-state index in [1.54, 1.807) is 6.33 Å². The van der Waals surface area contributed by atoms with Gasteiger partial charge in [-0.05, 0) is 47.7 Å². The van der Waals surface area contributed by atoms with Crippen LogP contribution in [0, 0.1) is 6.92 Å². The van der Waals surface area contributed by atoms with Gasteiger partial charge in [0.05, 0.1) is 22.5 Å². The van der Waals surface area contributed by atoms with Crippen LogP contribution in [0.1, 0.15) is 42.1 Å². The van der Waals surface area contributed by atoms with E-state index in [1.807, 2.05) is 22.0 Å². The Hall–Kier alpha value is -3.07. The van der Waals surface area contributed by atoms with Crippen molar-refractivity contribution in [2.75, 3.05) is 19.7 Å². The topological polar surface area (TPSA) is 82.3 Å². The molecule has 0 aromatic carbocycles. The summed E-state index contributed by atoms with van der Waals surface area (Å²) in [6.07, 6.45) is 6.62. The Balaban J connectivity index is 1.42. The van der Waals surface area contributed by atoms with Gasteiger partial charge in [0.25, 0.3) is 0 Å². The van der Waals surface area contributed by atoms with E-state index in [0.29, 0.717) is 12.5 Å². The molecule has 8 heteroatoms. The summed E-state index contributed by atoms with van der Waals surface area (Å²) in [4.78, 5) is 16.4. The maximum atomic E-state index is 9.32. The van der Waals surface area contributed by atoms with E-state index in [2.05, 4.69) is 65.1 Å². The molecular formula is C26H28N6OS. The van der Waals surface area contributed by atoms with Crippen LogP contribution < -0.4 is 0 Å². The van der Waals surface area contributed by atoms with Crippen molar-refractivity contribution in [3.8, 4) is 21.7 Å². The van der Waals surface area contributed by atoms with Crippen molar-refractivity contribution in [2.45, 2.75) is 39.7 Å². The molecule has 0 unspecified atom stereocenters. The van der Waals surface area contributed by atoms with Gasteiger partial charge in [0.2, 0.25) is 0 Å². The normalized spacial score (nSPS) is 14.5. The third-order valence-electron chi connectivity index (χ3n) is 6.75.